The van der Waals surface area contributed by atoms with Crippen LogP contribution in [-0.2, 0) is 0 Å². The van der Waals surface area contributed by atoms with E-state index in [1.165, 1.54) is 32.5 Å². The SMILES string of the molecule is CCCCN(CCBr)CCN(C)C. The van der Waals surface area contributed by atoms with Gasteiger partial charge in [-0.2, -0.15) is 0 Å². The molecule has 0 heterocycles. The van der Waals surface area contributed by atoms with Gasteiger partial charge < -0.3 is 9.80 Å². The van der Waals surface area contributed by atoms with Gasteiger partial charge >= 0.3 is 0 Å². The second-order valence-corrected chi connectivity index (χ2v) is 4.48. The van der Waals surface area contributed by atoms with Crippen molar-refractivity contribution in [1.29, 1.82) is 0 Å². The molecule has 0 aromatic carbocycles. The van der Waals surface area contributed by atoms with Crippen molar-refractivity contribution in [3.8, 4) is 0 Å². The van der Waals surface area contributed by atoms with Crippen molar-refractivity contribution in [2.75, 3.05) is 45.6 Å². The average molecular weight is 251 g/mol. The van der Waals surface area contributed by atoms with E-state index in [1.54, 1.807) is 0 Å². The summed E-state index contributed by atoms with van der Waals surface area (Å²) in [6, 6.07) is 0. The van der Waals surface area contributed by atoms with Crippen LogP contribution >= 0.6 is 15.9 Å². The van der Waals surface area contributed by atoms with Gasteiger partial charge in [-0.1, -0.05) is 29.3 Å². The summed E-state index contributed by atoms with van der Waals surface area (Å²) in [5, 5.41) is 1.09. The van der Waals surface area contributed by atoms with Crippen molar-refractivity contribution < 1.29 is 0 Å². The van der Waals surface area contributed by atoms with E-state index in [0.717, 1.165) is 11.9 Å². The summed E-state index contributed by atoms with van der Waals surface area (Å²) in [6.45, 7) is 7.03. The Balaban J connectivity index is 3.53. The highest BCUT2D eigenvalue weighted by Crippen LogP contribution is 1.96. The molecule has 0 saturated heterocycles. The zero-order valence-electron chi connectivity index (χ0n) is 9.22. The van der Waals surface area contributed by atoms with Crippen molar-refractivity contribution in [2.24, 2.45) is 0 Å². The molecule has 0 saturated carbocycles. The van der Waals surface area contributed by atoms with Crippen molar-refractivity contribution >= 4 is 15.9 Å². The summed E-state index contributed by atoms with van der Waals surface area (Å²) in [5.74, 6) is 0. The van der Waals surface area contributed by atoms with Gasteiger partial charge in [0.1, 0.15) is 0 Å². The van der Waals surface area contributed by atoms with E-state index in [9.17, 15) is 0 Å². The van der Waals surface area contributed by atoms with E-state index in [2.05, 4.69) is 46.7 Å². The van der Waals surface area contributed by atoms with Crippen molar-refractivity contribution in [3.05, 3.63) is 0 Å². The number of nitrogens with zero attached hydrogens (tertiary/aromatic N) is 2. The quantitative estimate of drug-likeness (QED) is 0.609. The van der Waals surface area contributed by atoms with Crippen LogP contribution in [0, 0.1) is 0 Å². The maximum Gasteiger partial charge on any atom is 0.0159 e. The van der Waals surface area contributed by atoms with Crippen LogP contribution in [0.25, 0.3) is 0 Å². The number of alkyl halides is 1. The molecule has 0 aromatic heterocycles. The number of rotatable bonds is 8. The fraction of sp³-hybridized carbons (Fsp3) is 1.00. The molecule has 0 aliphatic carbocycles. The summed E-state index contributed by atoms with van der Waals surface area (Å²) in [7, 11) is 4.26. The Labute approximate surface area is 91.4 Å². The molecule has 0 spiro atoms. The highest BCUT2D eigenvalue weighted by molar-refractivity contribution is 9.09. The van der Waals surface area contributed by atoms with Gasteiger partial charge in [-0.25, -0.2) is 0 Å². The zero-order valence-corrected chi connectivity index (χ0v) is 10.8. The van der Waals surface area contributed by atoms with Gasteiger partial charge in [0, 0.05) is 25.0 Å². The molecule has 0 aliphatic rings. The van der Waals surface area contributed by atoms with Gasteiger partial charge in [-0.15, -0.1) is 0 Å². The first-order chi connectivity index (χ1) is 6.20. The standard InChI is InChI=1S/C10H23BrN2/c1-4-5-7-13(8-6-11)10-9-12(2)3/h4-10H2,1-3H3. The number of hydrogen-bond acceptors (Lipinski definition) is 2. The lowest BCUT2D eigenvalue weighted by Gasteiger charge is -2.22. The molecule has 0 rings (SSSR count). The summed E-state index contributed by atoms with van der Waals surface area (Å²) < 4.78 is 0. The largest absolute Gasteiger partial charge is 0.308 e. The first kappa shape index (κ1) is 13.4. The van der Waals surface area contributed by atoms with Crippen LogP contribution in [0.15, 0.2) is 0 Å². The molecule has 0 bridgehead atoms. The van der Waals surface area contributed by atoms with Gasteiger partial charge in [0.15, 0.2) is 0 Å². The van der Waals surface area contributed by atoms with Gasteiger partial charge in [-0.05, 0) is 27.1 Å². The van der Waals surface area contributed by atoms with Gasteiger partial charge in [0.25, 0.3) is 0 Å². The predicted octanol–water partition coefficient (Wildman–Crippen LogP) is 2.04. The Morgan fingerprint density at radius 2 is 1.69 bits per heavy atom. The molecule has 0 fully saturated rings. The van der Waals surface area contributed by atoms with Crippen LogP contribution in [-0.4, -0.2) is 55.4 Å². The minimum atomic E-state index is 1.09. The molecule has 0 aromatic rings. The second kappa shape index (κ2) is 8.97. The van der Waals surface area contributed by atoms with E-state index in [4.69, 9.17) is 0 Å². The van der Waals surface area contributed by atoms with E-state index in [1.807, 2.05) is 0 Å². The molecule has 3 heteroatoms. The van der Waals surface area contributed by atoms with Crippen molar-refractivity contribution in [1.82, 2.24) is 9.80 Å². The normalized spacial score (nSPS) is 11.5. The first-order valence-electron chi connectivity index (χ1n) is 5.13. The lowest BCUT2D eigenvalue weighted by atomic mass is 10.3. The molecule has 0 unspecified atom stereocenters. The van der Waals surface area contributed by atoms with E-state index >= 15 is 0 Å². The number of halogens is 1. The Hall–Kier alpha value is 0.400. The van der Waals surface area contributed by atoms with Crippen molar-refractivity contribution in [3.63, 3.8) is 0 Å². The van der Waals surface area contributed by atoms with Crippen LogP contribution in [0.2, 0.25) is 0 Å². The topological polar surface area (TPSA) is 6.48 Å². The highest BCUT2D eigenvalue weighted by Gasteiger charge is 2.02. The van der Waals surface area contributed by atoms with Crippen LogP contribution in [0.5, 0.6) is 0 Å². The fourth-order valence-electron chi connectivity index (χ4n) is 1.18. The summed E-state index contributed by atoms with van der Waals surface area (Å²) in [6.07, 6.45) is 2.61. The average Bonchev–Trinajstić information content (AvgIpc) is 2.09. The third-order valence-electron chi connectivity index (χ3n) is 2.09. The van der Waals surface area contributed by atoms with E-state index < -0.39 is 0 Å². The molecule has 13 heavy (non-hydrogen) atoms. The summed E-state index contributed by atoms with van der Waals surface area (Å²) in [5.41, 5.74) is 0. The molecule has 2 nitrogen and oxygen atoms in total. The monoisotopic (exact) mass is 250 g/mol. The molecule has 0 aliphatic heterocycles. The highest BCUT2D eigenvalue weighted by atomic mass is 79.9. The Morgan fingerprint density at radius 1 is 1.00 bits per heavy atom. The second-order valence-electron chi connectivity index (χ2n) is 3.69. The van der Waals surface area contributed by atoms with Gasteiger partial charge in [0.05, 0.1) is 0 Å². The molecule has 0 amide bonds. The van der Waals surface area contributed by atoms with Crippen LogP contribution in [0.4, 0.5) is 0 Å². The third-order valence-corrected chi connectivity index (χ3v) is 2.45. The van der Waals surface area contributed by atoms with Crippen molar-refractivity contribution in [2.45, 2.75) is 19.8 Å². The van der Waals surface area contributed by atoms with Crippen LogP contribution in [0.1, 0.15) is 19.8 Å². The Morgan fingerprint density at radius 3 is 2.15 bits per heavy atom. The van der Waals surface area contributed by atoms with Crippen LogP contribution in [0.3, 0.4) is 0 Å². The van der Waals surface area contributed by atoms with Crippen LogP contribution < -0.4 is 0 Å². The molecule has 0 N–H and O–H groups in total. The number of hydrogen-bond donors (Lipinski definition) is 0. The molecule has 0 atom stereocenters. The number of likely N-dealkylation sites (N-methyl/N-ethyl adjacent to an activating group) is 1. The maximum absolute atomic E-state index is 3.49. The molecule has 0 radical (unpaired) electrons. The molecular weight excluding hydrogens is 228 g/mol. The third kappa shape index (κ3) is 8.72. The van der Waals surface area contributed by atoms with Gasteiger partial charge in [0.2, 0.25) is 0 Å². The zero-order chi connectivity index (χ0) is 10.1. The van der Waals surface area contributed by atoms with Gasteiger partial charge in [-0.3, -0.25) is 0 Å². The minimum Gasteiger partial charge on any atom is -0.308 e. The Kier molecular flexibility index (Phi) is 9.25. The fourth-order valence-corrected chi connectivity index (χ4v) is 1.68. The smallest absolute Gasteiger partial charge is 0.0159 e. The molecular formula is C10H23BrN2. The number of unbranched alkanes of at least 4 members (excludes halogenated alkanes) is 1. The minimum absolute atomic E-state index is 1.09. The van der Waals surface area contributed by atoms with E-state index in [0.29, 0.717) is 0 Å². The summed E-state index contributed by atoms with van der Waals surface area (Å²) >= 11 is 3.49. The summed E-state index contributed by atoms with van der Waals surface area (Å²) in [4.78, 5) is 4.77. The molecule has 80 valence electrons. The lowest BCUT2D eigenvalue weighted by Crippen LogP contribution is -2.33. The predicted molar refractivity (Wildman–Crippen MR) is 63.7 cm³/mol. The Bertz CT molecular complexity index is 107. The van der Waals surface area contributed by atoms with E-state index in [-0.39, 0.29) is 0 Å². The first-order valence-corrected chi connectivity index (χ1v) is 6.26. The maximum atomic E-state index is 3.49. The lowest BCUT2D eigenvalue weighted by molar-refractivity contribution is 0.250.